The van der Waals surface area contributed by atoms with E-state index in [-0.39, 0.29) is 0 Å². The van der Waals surface area contributed by atoms with Crippen molar-refractivity contribution in [2.75, 3.05) is 5.73 Å². The lowest BCUT2D eigenvalue weighted by Crippen LogP contribution is -1.90. The van der Waals surface area contributed by atoms with E-state index < -0.39 is 0 Å². The minimum atomic E-state index is 0.822. The molecule has 1 nitrogen and oxygen atoms in total. The molecule has 0 fully saturated rings. The fourth-order valence-corrected chi connectivity index (χ4v) is 4.72. The number of benzene rings is 4. The first kappa shape index (κ1) is 13.6. The van der Waals surface area contributed by atoms with Crippen molar-refractivity contribution in [1.82, 2.24) is 0 Å². The Labute approximate surface area is 144 Å². The quantitative estimate of drug-likeness (QED) is 0.352. The maximum atomic E-state index is 6.27. The number of hydrogen-bond donors (Lipinski definition) is 1. The van der Waals surface area contributed by atoms with Crippen molar-refractivity contribution in [3.8, 4) is 11.1 Å². The molecule has 0 saturated heterocycles. The number of fused-ring (bicyclic) bond motifs is 5. The van der Waals surface area contributed by atoms with Crippen molar-refractivity contribution < 1.29 is 0 Å². The number of hydrogen-bond acceptors (Lipinski definition) is 2. The fraction of sp³-hybridized carbons (Fsp3) is 0. The van der Waals surface area contributed by atoms with Crippen LogP contribution in [0.25, 0.3) is 42.1 Å². The predicted octanol–water partition coefficient (Wildman–Crippen LogP) is 6.46. The van der Waals surface area contributed by atoms with Crippen LogP contribution in [0.5, 0.6) is 0 Å². The number of nitrogen functional groups attached to an aromatic ring is 1. The number of thiophene rings is 1. The summed E-state index contributed by atoms with van der Waals surface area (Å²) in [5.41, 5.74) is 9.40. The Morgan fingerprint density at radius 1 is 0.583 bits per heavy atom. The predicted molar refractivity (Wildman–Crippen MR) is 107 cm³/mol. The molecule has 5 rings (SSSR count). The Morgan fingerprint density at radius 3 is 2.08 bits per heavy atom. The average Bonchev–Trinajstić information content (AvgIpc) is 3.00. The topological polar surface area (TPSA) is 26.0 Å². The first-order chi connectivity index (χ1) is 11.8. The van der Waals surface area contributed by atoms with Gasteiger partial charge in [-0.25, -0.2) is 0 Å². The van der Waals surface area contributed by atoms with Crippen LogP contribution in [0, 0.1) is 0 Å². The average molecular weight is 325 g/mol. The van der Waals surface area contributed by atoms with Crippen LogP contribution >= 0.6 is 11.3 Å². The highest BCUT2D eigenvalue weighted by Gasteiger charge is 2.13. The Morgan fingerprint density at radius 2 is 1.25 bits per heavy atom. The van der Waals surface area contributed by atoms with Gasteiger partial charge in [0.15, 0.2) is 0 Å². The van der Waals surface area contributed by atoms with Gasteiger partial charge < -0.3 is 5.73 Å². The second-order valence-corrected chi connectivity index (χ2v) is 7.11. The zero-order valence-electron chi connectivity index (χ0n) is 13.0. The van der Waals surface area contributed by atoms with Crippen LogP contribution in [0.1, 0.15) is 0 Å². The molecule has 2 heteroatoms. The van der Waals surface area contributed by atoms with Crippen LogP contribution in [-0.2, 0) is 0 Å². The first-order valence-corrected chi connectivity index (χ1v) is 8.82. The molecule has 0 unspecified atom stereocenters. The summed E-state index contributed by atoms with van der Waals surface area (Å²) < 4.78 is 2.64. The molecular weight excluding hydrogens is 310 g/mol. The van der Waals surface area contributed by atoms with E-state index in [1.165, 1.54) is 36.5 Å². The summed E-state index contributed by atoms with van der Waals surface area (Å²) in [6.45, 7) is 0. The highest BCUT2D eigenvalue weighted by molar-refractivity contribution is 7.26. The lowest BCUT2D eigenvalue weighted by molar-refractivity contribution is 1.66. The molecule has 0 spiro atoms. The third-order valence-corrected chi connectivity index (χ3v) is 5.75. The smallest absolute Gasteiger partial charge is 0.0393 e. The maximum Gasteiger partial charge on any atom is 0.0393 e. The van der Waals surface area contributed by atoms with Crippen LogP contribution in [0.15, 0.2) is 78.9 Å². The van der Waals surface area contributed by atoms with Gasteiger partial charge in [-0.15, -0.1) is 11.3 Å². The molecule has 0 aliphatic carbocycles. The summed E-state index contributed by atoms with van der Waals surface area (Å²) in [5, 5.41) is 5.24. The molecule has 114 valence electrons. The zero-order valence-corrected chi connectivity index (χ0v) is 13.8. The second kappa shape index (κ2) is 5.08. The molecule has 0 saturated carbocycles. The van der Waals surface area contributed by atoms with Gasteiger partial charge in [-0.05, 0) is 34.5 Å². The summed E-state index contributed by atoms with van der Waals surface area (Å²) in [6.07, 6.45) is 0. The minimum Gasteiger partial charge on any atom is -0.398 e. The normalized spacial score (nSPS) is 11.5. The van der Waals surface area contributed by atoms with E-state index in [1.54, 1.807) is 0 Å². The molecule has 4 aromatic carbocycles. The van der Waals surface area contributed by atoms with Gasteiger partial charge in [-0.3, -0.25) is 0 Å². The van der Waals surface area contributed by atoms with Crippen molar-refractivity contribution in [2.45, 2.75) is 0 Å². The number of para-hydroxylation sites is 1. The number of rotatable bonds is 1. The Kier molecular flexibility index (Phi) is 2.88. The van der Waals surface area contributed by atoms with Crippen LogP contribution in [0.4, 0.5) is 5.69 Å². The van der Waals surface area contributed by atoms with Gasteiger partial charge in [0.1, 0.15) is 0 Å². The molecule has 1 heterocycles. The molecule has 1 aromatic heterocycles. The van der Waals surface area contributed by atoms with Crippen LogP contribution in [0.2, 0.25) is 0 Å². The van der Waals surface area contributed by atoms with Crippen LogP contribution in [-0.4, -0.2) is 0 Å². The molecule has 0 amide bonds. The summed E-state index contributed by atoms with van der Waals surface area (Å²) in [7, 11) is 0. The maximum absolute atomic E-state index is 6.27. The Hall–Kier alpha value is -2.84. The molecule has 5 aromatic rings. The van der Waals surface area contributed by atoms with E-state index in [4.69, 9.17) is 5.73 Å². The second-order valence-electron chi connectivity index (χ2n) is 6.03. The molecule has 0 aliphatic rings. The van der Waals surface area contributed by atoms with Gasteiger partial charge in [0.05, 0.1) is 0 Å². The summed E-state index contributed by atoms with van der Waals surface area (Å²) in [5.74, 6) is 0. The van der Waals surface area contributed by atoms with Gasteiger partial charge >= 0.3 is 0 Å². The van der Waals surface area contributed by atoms with Crippen LogP contribution < -0.4 is 5.73 Å². The van der Waals surface area contributed by atoms with Gasteiger partial charge in [0, 0.05) is 31.4 Å². The van der Waals surface area contributed by atoms with Gasteiger partial charge in [-0.1, -0.05) is 60.7 Å². The molecule has 0 bridgehead atoms. The molecular formula is C22H15NS. The standard InChI is InChI=1S/C22H15NS/c23-19-11-5-3-8-15(19)18-13-21-22(16-9-2-1-7-14(16)18)17-10-4-6-12-20(17)24-21/h1-13H,23H2. The van der Waals surface area contributed by atoms with E-state index >= 15 is 0 Å². The van der Waals surface area contributed by atoms with Gasteiger partial charge in [0.25, 0.3) is 0 Å². The van der Waals surface area contributed by atoms with Crippen LogP contribution in [0.3, 0.4) is 0 Å². The van der Waals surface area contributed by atoms with E-state index in [0.717, 1.165) is 11.3 Å². The van der Waals surface area contributed by atoms with E-state index in [2.05, 4.69) is 66.7 Å². The summed E-state index contributed by atoms with van der Waals surface area (Å²) >= 11 is 1.85. The monoisotopic (exact) mass is 325 g/mol. The van der Waals surface area contributed by atoms with Crippen molar-refractivity contribution in [1.29, 1.82) is 0 Å². The minimum absolute atomic E-state index is 0.822. The Bertz CT molecular complexity index is 1220. The Balaban J connectivity index is 2.02. The van der Waals surface area contributed by atoms with Gasteiger partial charge in [-0.2, -0.15) is 0 Å². The molecule has 2 N–H and O–H groups in total. The largest absolute Gasteiger partial charge is 0.398 e. The van der Waals surface area contributed by atoms with Crippen molar-refractivity contribution in [3.05, 3.63) is 78.9 Å². The lowest BCUT2D eigenvalue weighted by atomic mass is 9.94. The number of anilines is 1. The molecule has 0 radical (unpaired) electrons. The summed E-state index contributed by atoms with van der Waals surface area (Å²) in [6, 6.07) is 27.7. The SMILES string of the molecule is Nc1ccccc1-c1cc2sc3ccccc3c2c2ccccc12. The van der Waals surface area contributed by atoms with Crippen molar-refractivity contribution in [2.24, 2.45) is 0 Å². The lowest BCUT2D eigenvalue weighted by Gasteiger charge is -2.11. The highest BCUT2D eigenvalue weighted by Crippen LogP contribution is 2.43. The third-order valence-electron chi connectivity index (χ3n) is 4.64. The fourth-order valence-electron chi connectivity index (χ4n) is 3.55. The van der Waals surface area contributed by atoms with Crippen molar-refractivity contribution in [3.63, 3.8) is 0 Å². The zero-order chi connectivity index (χ0) is 16.1. The summed E-state index contributed by atoms with van der Waals surface area (Å²) in [4.78, 5) is 0. The number of nitrogens with two attached hydrogens (primary N) is 1. The highest BCUT2D eigenvalue weighted by atomic mass is 32.1. The first-order valence-electron chi connectivity index (χ1n) is 8.01. The van der Waals surface area contributed by atoms with E-state index in [9.17, 15) is 0 Å². The molecule has 0 aliphatic heterocycles. The van der Waals surface area contributed by atoms with E-state index in [0.29, 0.717) is 0 Å². The van der Waals surface area contributed by atoms with E-state index in [1.807, 2.05) is 23.5 Å². The third kappa shape index (κ3) is 1.87. The van der Waals surface area contributed by atoms with Crippen molar-refractivity contribution >= 4 is 48.0 Å². The van der Waals surface area contributed by atoms with Gasteiger partial charge in [0.2, 0.25) is 0 Å². The molecule has 24 heavy (non-hydrogen) atoms. The molecule has 0 atom stereocenters.